The van der Waals surface area contributed by atoms with Crippen molar-refractivity contribution in [1.82, 2.24) is 4.90 Å². The predicted molar refractivity (Wildman–Crippen MR) is 82.2 cm³/mol. The molecule has 1 aromatic carbocycles. The molecule has 3 atom stereocenters. The molecule has 0 saturated heterocycles. The van der Waals surface area contributed by atoms with Crippen LogP contribution in [0, 0.1) is 11.8 Å². The van der Waals surface area contributed by atoms with Crippen LogP contribution in [0.4, 0.5) is 5.69 Å². The summed E-state index contributed by atoms with van der Waals surface area (Å²) in [7, 11) is 3.51. The van der Waals surface area contributed by atoms with Gasteiger partial charge in [-0.3, -0.25) is 4.79 Å². The fourth-order valence-corrected chi connectivity index (χ4v) is 3.28. The third-order valence-electron chi connectivity index (χ3n) is 4.32. The zero-order chi connectivity index (χ0) is 14.3. The number of fused-ring (bicyclic) bond motifs is 1. The Morgan fingerprint density at radius 2 is 2.20 bits per heavy atom. The number of hydrogen-bond donors (Lipinski definition) is 1. The van der Waals surface area contributed by atoms with Gasteiger partial charge in [0.2, 0.25) is 0 Å². The maximum Gasteiger partial charge on any atom is 0.253 e. The third-order valence-corrected chi connectivity index (χ3v) is 4.65. The van der Waals surface area contributed by atoms with E-state index >= 15 is 0 Å². The summed E-state index contributed by atoms with van der Waals surface area (Å²) in [6, 6.07) is 5.87. The van der Waals surface area contributed by atoms with E-state index in [1.165, 1.54) is 12.8 Å². The zero-order valence-electron chi connectivity index (χ0n) is 11.8. The molecule has 1 aromatic rings. The van der Waals surface area contributed by atoms with Crippen LogP contribution in [0.15, 0.2) is 30.4 Å². The highest BCUT2D eigenvalue weighted by molar-refractivity contribution is 6.33. The number of halogens is 1. The van der Waals surface area contributed by atoms with Crippen LogP contribution < -0.4 is 5.32 Å². The van der Waals surface area contributed by atoms with Crippen LogP contribution in [0.1, 0.15) is 23.2 Å². The van der Waals surface area contributed by atoms with Gasteiger partial charge in [0.1, 0.15) is 0 Å². The average Bonchev–Trinajstić information content (AvgIpc) is 2.78. The Labute approximate surface area is 124 Å². The quantitative estimate of drug-likeness (QED) is 0.865. The van der Waals surface area contributed by atoms with Gasteiger partial charge in [0.15, 0.2) is 0 Å². The van der Waals surface area contributed by atoms with Gasteiger partial charge in [-0.05, 0) is 37.0 Å². The van der Waals surface area contributed by atoms with E-state index in [9.17, 15) is 4.79 Å². The molecule has 0 aromatic heterocycles. The molecule has 0 radical (unpaired) electrons. The standard InChI is InChI=1S/C16H19ClN2O/c1-19(2)16(20)11-6-7-13(17)15(9-11)18-14-8-10-4-3-5-12(10)14/h3,5-7,9-10,12,14,18H,4,8H2,1-2H3. The summed E-state index contributed by atoms with van der Waals surface area (Å²) in [5.74, 6) is 1.43. The number of allylic oxidation sites excluding steroid dienone is 1. The zero-order valence-corrected chi connectivity index (χ0v) is 12.5. The molecular weight excluding hydrogens is 272 g/mol. The lowest BCUT2D eigenvalue weighted by Gasteiger charge is -2.41. The molecular formula is C16H19ClN2O. The minimum Gasteiger partial charge on any atom is -0.380 e. The van der Waals surface area contributed by atoms with Crippen molar-refractivity contribution >= 4 is 23.2 Å². The van der Waals surface area contributed by atoms with E-state index in [0.29, 0.717) is 22.5 Å². The van der Waals surface area contributed by atoms with Crippen molar-refractivity contribution in [3.63, 3.8) is 0 Å². The van der Waals surface area contributed by atoms with Gasteiger partial charge in [-0.1, -0.05) is 23.8 Å². The van der Waals surface area contributed by atoms with Crippen molar-refractivity contribution in [3.05, 3.63) is 40.9 Å². The second kappa shape index (κ2) is 5.13. The molecule has 2 aliphatic carbocycles. The Hall–Kier alpha value is -1.48. The number of hydrogen-bond acceptors (Lipinski definition) is 2. The number of carbonyl (C=O) groups is 1. The Kier molecular flexibility index (Phi) is 3.47. The molecule has 0 aliphatic heterocycles. The minimum atomic E-state index is -0.00281. The third kappa shape index (κ3) is 2.31. The summed E-state index contributed by atoms with van der Waals surface area (Å²) < 4.78 is 0. The number of benzene rings is 1. The maximum absolute atomic E-state index is 12.0. The Balaban J connectivity index is 1.77. The van der Waals surface area contributed by atoms with Crippen molar-refractivity contribution in [2.24, 2.45) is 11.8 Å². The molecule has 20 heavy (non-hydrogen) atoms. The number of rotatable bonds is 3. The molecule has 0 heterocycles. The summed E-state index contributed by atoms with van der Waals surface area (Å²) in [5, 5.41) is 4.17. The lowest BCUT2D eigenvalue weighted by Crippen LogP contribution is -2.43. The number of carbonyl (C=O) groups excluding carboxylic acids is 1. The lowest BCUT2D eigenvalue weighted by molar-refractivity contribution is 0.0827. The first-order chi connectivity index (χ1) is 9.56. The van der Waals surface area contributed by atoms with E-state index in [1.54, 1.807) is 31.1 Å². The van der Waals surface area contributed by atoms with Crippen molar-refractivity contribution in [2.75, 3.05) is 19.4 Å². The first kappa shape index (κ1) is 13.5. The first-order valence-corrected chi connectivity index (χ1v) is 7.38. The fraction of sp³-hybridized carbons (Fsp3) is 0.438. The summed E-state index contributed by atoms with van der Waals surface area (Å²) in [4.78, 5) is 13.6. The molecule has 3 rings (SSSR count). The van der Waals surface area contributed by atoms with E-state index in [0.717, 1.165) is 11.6 Å². The van der Waals surface area contributed by atoms with Gasteiger partial charge in [0, 0.05) is 31.6 Å². The summed E-state index contributed by atoms with van der Waals surface area (Å²) in [6.07, 6.45) is 6.95. The molecule has 1 saturated carbocycles. The fourth-order valence-electron chi connectivity index (χ4n) is 3.11. The van der Waals surface area contributed by atoms with Gasteiger partial charge in [-0.15, -0.1) is 0 Å². The van der Waals surface area contributed by atoms with Gasteiger partial charge in [0.25, 0.3) is 5.91 Å². The number of amides is 1. The molecule has 1 N–H and O–H groups in total. The summed E-state index contributed by atoms with van der Waals surface area (Å²) >= 11 is 6.24. The molecule has 1 fully saturated rings. The van der Waals surface area contributed by atoms with Crippen molar-refractivity contribution in [1.29, 1.82) is 0 Å². The van der Waals surface area contributed by atoms with Crippen LogP contribution in [0.5, 0.6) is 0 Å². The van der Waals surface area contributed by atoms with Crippen molar-refractivity contribution in [2.45, 2.75) is 18.9 Å². The summed E-state index contributed by atoms with van der Waals surface area (Å²) in [6.45, 7) is 0. The van der Waals surface area contributed by atoms with Crippen LogP contribution in [0.3, 0.4) is 0 Å². The van der Waals surface area contributed by atoms with Crippen LogP contribution in [-0.2, 0) is 0 Å². The molecule has 106 valence electrons. The molecule has 4 heteroatoms. The van der Waals surface area contributed by atoms with E-state index in [2.05, 4.69) is 17.5 Å². The second-order valence-electron chi connectivity index (χ2n) is 5.88. The molecule has 1 amide bonds. The van der Waals surface area contributed by atoms with E-state index in [1.807, 2.05) is 6.07 Å². The van der Waals surface area contributed by atoms with Crippen LogP contribution in [0.2, 0.25) is 5.02 Å². The highest BCUT2D eigenvalue weighted by atomic mass is 35.5. The van der Waals surface area contributed by atoms with Gasteiger partial charge in [0.05, 0.1) is 10.7 Å². The first-order valence-electron chi connectivity index (χ1n) is 7.00. The average molecular weight is 291 g/mol. The monoisotopic (exact) mass is 290 g/mol. The maximum atomic E-state index is 12.0. The van der Waals surface area contributed by atoms with Crippen LogP contribution in [0.25, 0.3) is 0 Å². The molecule has 0 bridgehead atoms. The highest BCUT2D eigenvalue weighted by Crippen LogP contribution is 2.44. The van der Waals surface area contributed by atoms with E-state index < -0.39 is 0 Å². The number of nitrogens with zero attached hydrogens (tertiary/aromatic N) is 1. The molecule has 0 spiro atoms. The van der Waals surface area contributed by atoms with Gasteiger partial charge in [-0.2, -0.15) is 0 Å². The number of anilines is 1. The van der Waals surface area contributed by atoms with E-state index in [4.69, 9.17) is 11.6 Å². The second-order valence-corrected chi connectivity index (χ2v) is 6.29. The van der Waals surface area contributed by atoms with Crippen molar-refractivity contribution in [3.8, 4) is 0 Å². The van der Waals surface area contributed by atoms with Crippen LogP contribution >= 0.6 is 11.6 Å². The Bertz CT molecular complexity index is 568. The summed E-state index contributed by atoms with van der Waals surface area (Å²) in [5.41, 5.74) is 1.53. The largest absolute Gasteiger partial charge is 0.380 e. The molecule has 3 nitrogen and oxygen atoms in total. The van der Waals surface area contributed by atoms with E-state index in [-0.39, 0.29) is 5.91 Å². The molecule has 3 unspecified atom stereocenters. The minimum absolute atomic E-state index is 0.00281. The van der Waals surface area contributed by atoms with Gasteiger partial charge < -0.3 is 10.2 Å². The smallest absolute Gasteiger partial charge is 0.253 e. The van der Waals surface area contributed by atoms with Gasteiger partial charge in [-0.25, -0.2) is 0 Å². The van der Waals surface area contributed by atoms with Crippen molar-refractivity contribution < 1.29 is 4.79 Å². The highest BCUT2D eigenvalue weighted by Gasteiger charge is 2.41. The normalized spacial score (nSPS) is 26.9. The Morgan fingerprint density at radius 1 is 1.40 bits per heavy atom. The topological polar surface area (TPSA) is 32.3 Å². The van der Waals surface area contributed by atoms with Gasteiger partial charge >= 0.3 is 0 Å². The lowest BCUT2D eigenvalue weighted by atomic mass is 9.71. The SMILES string of the molecule is CN(C)C(=O)c1ccc(Cl)c(NC2CC3CC=CC32)c1. The van der Waals surface area contributed by atoms with Crippen LogP contribution in [-0.4, -0.2) is 30.9 Å². The molecule has 2 aliphatic rings. The number of nitrogens with one attached hydrogen (secondary N) is 1. The predicted octanol–water partition coefficient (Wildman–Crippen LogP) is 3.42. The Morgan fingerprint density at radius 3 is 2.90 bits per heavy atom.